The summed E-state index contributed by atoms with van der Waals surface area (Å²) in [6.07, 6.45) is -0.994. The molecule has 5 atom stereocenters. The van der Waals surface area contributed by atoms with Crippen molar-refractivity contribution < 1.29 is 33.0 Å². The van der Waals surface area contributed by atoms with Gasteiger partial charge in [0.25, 0.3) is 0 Å². The topological polar surface area (TPSA) is 88.1 Å². The number of ether oxygens (including phenoxy) is 2. The highest BCUT2D eigenvalue weighted by molar-refractivity contribution is 5.80. The molecule has 0 spiro atoms. The molecule has 1 aliphatic carbocycles. The smallest absolute Gasteiger partial charge is 0.407 e. The normalized spacial score (nSPS) is 21.8. The summed E-state index contributed by atoms with van der Waals surface area (Å²) in [5, 5.41) is 14.0. The molecule has 2 unspecified atom stereocenters. The molecule has 0 radical (unpaired) electrons. The summed E-state index contributed by atoms with van der Waals surface area (Å²) < 4.78 is 39.5. The van der Waals surface area contributed by atoms with Gasteiger partial charge in [-0.3, -0.25) is 4.79 Å². The van der Waals surface area contributed by atoms with Gasteiger partial charge < -0.3 is 24.8 Å². The Bertz CT molecular complexity index is 1220. The second-order valence-corrected chi connectivity index (χ2v) is 12.3. The first-order valence-corrected chi connectivity index (χ1v) is 13.9. The maximum atomic E-state index is 14.1. The molecular formula is C31H40F2N2O5. The number of hydrogen-bond acceptors (Lipinski definition) is 5. The molecule has 2 N–H and O–H groups in total. The van der Waals surface area contributed by atoms with Gasteiger partial charge in [-0.05, 0) is 82.7 Å². The van der Waals surface area contributed by atoms with Crippen LogP contribution in [0.2, 0.25) is 0 Å². The fourth-order valence-electron chi connectivity index (χ4n) is 5.93. The van der Waals surface area contributed by atoms with Crippen molar-refractivity contribution in [1.82, 2.24) is 10.2 Å². The van der Waals surface area contributed by atoms with Crippen LogP contribution in [-0.2, 0) is 27.1 Å². The Kier molecular flexibility index (Phi) is 8.57. The number of nitrogens with zero attached hydrogens (tertiary/aromatic N) is 1. The molecule has 0 saturated carbocycles. The molecule has 1 heterocycles. The largest absolute Gasteiger partial charge is 0.444 e. The number of benzene rings is 2. The lowest BCUT2D eigenvalue weighted by Gasteiger charge is -2.37. The lowest BCUT2D eigenvalue weighted by molar-refractivity contribution is -0.153. The van der Waals surface area contributed by atoms with Gasteiger partial charge in [-0.1, -0.05) is 31.2 Å². The predicted molar refractivity (Wildman–Crippen MR) is 146 cm³/mol. The molecule has 7 nitrogen and oxygen atoms in total. The van der Waals surface area contributed by atoms with Gasteiger partial charge in [0, 0.05) is 18.4 Å². The van der Waals surface area contributed by atoms with Crippen LogP contribution in [0, 0.1) is 17.6 Å². The van der Waals surface area contributed by atoms with Gasteiger partial charge in [-0.2, -0.15) is 0 Å². The van der Waals surface area contributed by atoms with Crippen LogP contribution in [0.3, 0.4) is 0 Å². The van der Waals surface area contributed by atoms with Crippen molar-refractivity contribution in [3.8, 4) is 0 Å². The molecule has 2 aromatic carbocycles. The number of rotatable bonds is 8. The average molecular weight is 559 g/mol. The maximum absolute atomic E-state index is 14.1. The second-order valence-electron chi connectivity index (χ2n) is 12.3. The van der Waals surface area contributed by atoms with E-state index in [-0.39, 0.29) is 36.5 Å². The highest BCUT2D eigenvalue weighted by Gasteiger charge is 2.54. The van der Waals surface area contributed by atoms with E-state index in [4.69, 9.17) is 9.47 Å². The molecule has 40 heavy (non-hydrogen) atoms. The van der Waals surface area contributed by atoms with Crippen LogP contribution in [-0.4, -0.2) is 51.6 Å². The average Bonchev–Trinajstić information content (AvgIpc) is 3.29. The number of carbonyl (C=O) groups excluding carboxylic acids is 2. The van der Waals surface area contributed by atoms with Crippen LogP contribution in [0.4, 0.5) is 13.6 Å². The van der Waals surface area contributed by atoms with Crippen LogP contribution in [0.5, 0.6) is 0 Å². The van der Waals surface area contributed by atoms with Crippen LogP contribution in [0.1, 0.15) is 77.1 Å². The van der Waals surface area contributed by atoms with Crippen molar-refractivity contribution in [3.05, 3.63) is 70.8 Å². The van der Waals surface area contributed by atoms with E-state index in [0.29, 0.717) is 6.42 Å². The molecule has 4 rings (SSSR count). The Morgan fingerprint density at radius 2 is 1.82 bits per heavy atom. The third kappa shape index (κ3) is 6.63. The summed E-state index contributed by atoms with van der Waals surface area (Å²) in [4.78, 5) is 28.5. The van der Waals surface area contributed by atoms with E-state index in [0.717, 1.165) is 35.7 Å². The zero-order valence-corrected chi connectivity index (χ0v) is 24.0. The summed E-state index contributed by atoms with van der Waals surface area (Å²) >= 11 is 0. The Balaban J connectivity index is 1.56. The third-order valence-corrected chi connectivity index (χ3v) is 7.60. The van der Waals surface area contributed by atoms with Crippen LogP contribution in [0.15, 0.2) is 42.5 Å². The predicted octanol–water partition coefficient (Wildman–Crippen LogP) is 5.44. The zero-order valence-electron chi connectivity index (χ0n) is 24.0. The number of fused-ring (bicyclic) bond motifs is 3. The second kappa shape index (κ2) is 11.4. The lowest BCUT2D eigenvalue weighted by atomic mass is 9.90. The quantitative estimate of drug-likeness (QED) is 0.451. The summed E-state index contributed by atoms with van der Waals surface area (Å²) in [6, 6.07) is 9.90. The number of nitrogens with one attached hydrogen (secondary N) is 1. The highest BCUT2D eigenvalue weighted by Crippen LogP contribution is 2.49. The molecular weight excluding hydrogens is 518 g/mol. The Hall–Kier alpha value is -3.04. The van der Waals surface area contributed by atoms with Crippen molar-refractivity contribution in [2.24, 2.45) is 5.92 Å². The highest BCUT2D eigenvalue weighted by atomic mass is 19.1. The van der Waals surface area contributed by atoms with Crippen molar-refractivity contribution in [2.45, 2.75) is 103 Å². The first-order valence-electron chi connectivity index (χ1n) is 13.9. The number of alkyl carbamates (subject to hydrolysis) is 1. The fraction of sp³-hybridized carbons (Fsp3) is 0.548. The van der Waals surface area contributed by atoms with E-state index in [1.165, 1.54) is 0 Å². The molecule has 0 bridgehead atoms. The number of aliphatic hydroxyl groups is 1. The van der Waals surface area contributed by atoms with Gasteiger partial charge in [0.2, 0.25) is 5.91 Å². The number of halogens is 2. The SMILES string of the molecule is CC[C@@H](C[C@H](O)[C@H](Cc1cc(F)cc(F)c1)NC(=O)OC(C)(C)C)C(=O)N1C2c3ccccc3CC2OC1(C)C. The van der Waals surface area contributed by atoms with Gasteiger partial charge >= 0.3 is 6.09 Å². The standard InChI is InChI=1S/C31H40F2N2O5/c1-7-19(28(37)35-27-23-11-9-8-10-20(23)16-26(27)39-31(35,5)6)15-25(36)24(34-29(38)40-30(2,3)4)14-18-12-21(32)17-22(33)13-18/h8-13,17,19,24-27,36H,7,14-16H2,1-6H3,(H,34,38)/t19-,24-,25-,26?,27?/m0/s1. The molecule has 1 aliphatic heterocycles. The molecule has 0 aromatic heterocycles. The first kappa shape index (κ1) is 29.9. The minimum atomic E-state index is -1.20. The minimum absolute atomic E-state index is 0.0270. The monoisotopic (exact) mass is 558 g/mol. The minimum Gasteiger partial charge on any atom is -0.444 e. The molecule has 2 amide bonds. The van der Waals surface area contributed by atoms with E-state index in [1.54, 1.807) is 25.7 Å². The van der Waals surface area contributed by atoms with E-state index in [2.05, 4.69) is 11.4 Å². The fourth-order valence-corrected chi connectivity index (χ4v) is 5.93. The van der Waals surface area contributed by atoms with Gasteiger partial charge in [-0.25, -0.2) is 13.6 Å². The number of amides is 2. The maximum Gasteiger partial charge on any atom is 0.407 e. The third-order valence-electron chi connectivity index (χ3n) is 7.60. The Morgan fingerprint density at radius 1 is 1.18 bits per heavy atom. The number of aliphatic hydroxyl groups excluding tert-OH is 1. The number of carbonyl (C=O) groups is 2. The van der Waals surface area contributed by atoms with E-state index in [9.17, 15) is 23.5 Å². The lowest BCUT2D eigenvalue weighted by Crippen LogP contribution is -2.50. The molecule has 9 heteroatoms. The molecule has 2 aliphatic rings. The van der Waals surface area contributed by atoms with Crippen molar-refractivity contribution in [3.63, 3.8) is 0 Å². The Labute approximate surface area is 234 Å². The Morgan fingerprint density at radius 3 is 2.45 bits per heavy atom. The molecule has 1 fully saturated rings. The van der Waals surface area contributed by atoms with Gasteiger partial charge in [-0.15, -0.1) is 0 Å². The van der Waals surface area contributed by atoms with Crippen LogP contribution >= 0.6 is 0 Å². The summed E-state index contributed by atoms with van der Waals surface area (Å²) in [6.45, 7) is 10.7. The van der Waals surface area contributed by atoms with Crippen LogP contribution in [0.25, 0.3) is 0 Å². The zero-order chi connectivity index (χ0) is 29.4. The van der Waals surface area contributed by atoms with E-state index >= 15 is 0 Å². The van der Waals surface area contributed by atoms with E-state index in [1.807, 2.05) is 39.0 Å². The summed E-state index contributed by atoms with van der Waals surface area (Å²) in [5.41, 5.74) is 0.853. The van der Waals surface area contributed by atoms with Gasteiger partial charge in [0.15, 0.2) is 0 Å². The molecule has 2 aromatic rings. The number of hydrogen-bond donors (Lipinski definition) is 2. The summed E-state index contributed by atoms with van der Waals surface area (Å²) in [5.74, 6) is -2.25. The molecule has 1 saturated heterocycles. The summed E-state index contributed by atoms with van der Waals surface area (Å²) in [7, 11) is 0. The molecule has 218 valence electrons. The van der Waals surface area contributed by atoms with Gasteiger partial charge in [0.05, 0.1) is 24.3 Å². The van der Waals surface area contributed by atoms with Gasteiger partial charge in [0.1, 0.15) is 23.0 Å². The van der Waals surface area contributed by atoms with Crippen molar-refractivity contribution in [2.75, 3.05) is 0 Å². The van der Waals surface area contributed by atoms with Crippen molar-refractivity contribution in [1.29, 1.82) is 0 Å². The first-order chi connectivity index (χ1) is 18.7. The van der Waals surface area contributed by atoms with Crippen molar-refractivity contribution >= 4 is 12.0 Å². The van der Waals surface area contributed by atoms with Crippen LogP contribution < -0.4 is 5.32 Å². The van der Waals surface area contributed by atoms with E-state index < -0.39 is 47.1 Å².